The Morgan fingerprint density at radius 1 is 0.379 bits per heavy atom. The fourth-order valence-electron chi connectivity index (χ4n) is 2.71. The molecule has 0 aliphatic carbocycles. The molecule has 0 N–H and O–H groups in total. The van der Waals surface area contributed by atoms with Crippen LogP contribution in [0.2, 0.25) is 0 Å². The van der Waals surface area contributed by atoms with Crippen molar-refractivity contribution < 1.29 is 0 Å². The zero-order chi connectivity index (χ0) is 23.8. The Hall–Kier alpha value is 0. The number of rotatable bonds is 11. The Labute approximate surface area is 190 Å². The van der Waals surface area contributed by atoms with E-state index in [1.54, 1.807) is 0 Å². The van der Waals surface area contributed by atoms with E-state index in [9.17, 15) is 0 Å². The molecule has 0 aliphatic heterocycles. The van der Waals surface area contributed by atoms with Gasteiger partial charge in [-0.15, -0.1) is 0 Å². The van der Waals surface area contributed by atoms with E-state index in [0.29, 0.717) is 0 Å². The van der Waals surface area contributed by atoms with Gasteiger partial charge in [0.2, 0.25) is 0 Å². The van der Waals surface area contributed by atoms with E-state index in [-0.39, 0.29) is 0 Å². The molecule has 4 unspecified atom stereocenters. The Kier molecular flexibility index (Phi) is 35.1. The summed E-state index contributed by atoms with van der Waals surface area (Å²) in [5.74, 6) is 5.40. The average Bonchev–Trinajstić information content (AvgIpc) is 2.77. The van der Waals surface area contributed by atoms with Gasteiger partial charge >= 0.3 is 0 Å². The molecule has 0 amide bonds. The molecule has 0 radical (unpaired) electrons. The summed E-state index contributed by atoms with van der Waals surface area (Å²) in [4.78, 5) is 0. The van der Waals surface area contributed by atoms with Crippen LogP contribution in [0, 0.1) is 35.5 Å². The van der Waals surface area contributed by atoms with Crippen molar-refractivity contribution in [2.75, 3.05) is 0 Å². The first-order chi connectivity index (χ1) is 13.6. The fraction of sp³-hybridized carbons (Fsp3) is 1.00. The van der Waals surface area contributed by atoms with Gasteiger partial charge in [0, 0.05) is 0 Å². The smallest absolute Gasteiger partial charge is 0.0389 e. The molecule has 0 aromatic rings. The molecule has 182 valence electrons. The van der Waals surface area contributed by atoms with Crippen LogP contribution in [-0.2, 0) is 0 Å². The van der Waals surface area contributed by atoms with Crippen LogP contribution in [0.1, 0.15) is 155 Å². The van der Waals surface area contributed by atoms with Gasteiger partial charge in [0.05, 0.1) is 0 Å². The van der Waals surface area contributed by atoms with Crippen molar-refractivity contribution in [3.63, 3.8) is 0 Å². The Morgan fingerprint density at radius 3 is 0.690 bits per heavy atom. The lowest BCUT2D eigenvalue weighted by Gasteiger charge is -2.29. The van der Waals surface area contributed by atoms with E-state index in [2.05, 4.69) is 96.9 Å². The topological polar surface area (TPSA) is 0 Å². The molecule has 0 aliphatic rings. The van der Waals surface area contributed by atoms with Crippen LogP contribution < -0.4 is 0 Å². The maximum absolute atomic E-state index is 2.41. The van der Waals surface area contributed by atoms with E-state index in [1.807, 2.05) is 0 Å². The lowest BCUT2D eigenvalue weighted by atomic mass is 9.77. The number of unbranched alkanes of at least 4 members (excludes halogenated alkanes) is 2. The Bertz CT molecular complexity index is 223. The molecular formula is C29H66. The summed E-state index contributed by atoms with van der Waals surface area (Å²) in [7, 11) is 0. The van der Waals surface area contributed by atoms with Crippen LogP contribution in [0.15, 0.2) is 0 Å². The van der Waals surface area contributed by atoms with E-state index in [4.69, 9.17) is 0 Å². The van der Waals surface area contributed by atoms with Crippen LogP contribution in [0.25, 0.3) is 0 Å². The van der Waals surface area contributed by atoms with Gasteiger partial charge in [0.25, 0.3) is 0 Å². The van der Waals surface area contributed by atoms with Crippen LogP contribution in [0.4, 0.5) is 0 Å². The summed E-state index contributed by atoms with van der Waals surface area (Å²) in [5, 5.41) is 0. The summed E-state index contributed by atoms with van der Waals surface area (Å²) in [6.07, 6.45) is 12.0. The molecule has 0 fully saturated rings. The van der Waals surface area contributed by atoms with Crippen molar-refractivity contribution in [2.45, 2.75) is 155 Å². The second kappa shape index (κ2) is 28.0. The zero-order valence-electron chi connectivity index (χ0n) is 23.8. The van der Waals surface area contributed by atoms with Crippen molar-refractivity contribution in [1.82, 2.24) is 0 Å². The van der Waals surface area contributed by atoms with E-state index >= 15 is 0 Å². The molecular weight excluding hydrogens is 348 g/mol. The van der Waals surface area contributed by atoms with Gasteiger partial charge in [-0.25, -0.2) is 0 Å². The first-order valence-electron chi connectivity index (χ1n) is 13.6. The molecule has 29 heavy (non-hydrogen) atoms. The van der Waals surface area contributed by atoms with Gasteiger partial charge in [0.15, 0.2) is 0 Å². The van der Waals surface area contributed by atoms with Crippen molar-refractivity contribution >= 4 is 0 Å². The lowest BCUT2D eigenvalue weighted by Crippen LogP contribution is -2.21. The van der Waals surface area contributed by atoms with E-state index < -0.39 is 0 Å². The maximum atomic E-state index is 2.41. The second-order valence-corrected chi connectivity index (χ2v) is 9.69. The Balaban J connectivity index is -0.000000156. The third-order valence-electron chi connectivity index (χ3n) is 7.41. The molecule has 0 heterocycles. The van der Waals surface area contributed by atoms with Gasteiger partial charge in [0.1, 0.15) is 0 Å². The van der Waals surface area contributed by atoms with Gasteiger partial charge in [-0.1, -0.05) is 155 Å². The molecule has 0 aromatic carbocycles. The van der Waals surface area contributed by atoms with E-state index in [0.717, 1.165) is 35.5 Å². The summed E-state index contributed by atoms with van der Waals surface area (Å²) >= 11 is 0. The largest absolute Gasteiger partial charge is 0.0654 e. The molecule has 4 atom stereocenters. The average molecular weight is 415 g/mol. The van der Waals surface area contributed by atoms with Gasteiger partial charge in [-0.3, -0.25) is 0 Å². The highest BCUT2D eigenvalue weighted by Crippen LogP contribution is 2.29. The van der Waals surface area contributed by atoms with Crippen LogP contribution in [0.5, 0.6) is 0 Å². The van der Waals surface area contributed by atoms with Gasteiger partial charge < -0.3 is 0 Å². The SMILES string of the molecule is CCC(C)C(C)C(C)C(C)CC.CCC(C)CC.CCC(C)CC.CCCCC. The Morgan fingerprint density at radius 2 is 0.621 bits per heavy atom. The van der Waals surface area contributed by atoms with Crippen LogP contribution in [0.3, 0.4) is 0 Å². The summed E-state index contributed by atoms with van der Waals surface area (Å²) in [6, 6.07) is 0. The highest BCUT2D eigenvalue weighted by atomic mass is 14.3. The first-order valence-corrected chi connectivity index (χ1v) is 13.6. The van der Waals surface area contributed by atoms with Crippen molar-refractivity contribution in [2.24, 2.45) is 35.5 Å². The second-order valence-electron chi connectivity index (χ2n) is 9.69. The molecule has 0 spiro atoms. The molecule has 0 rings (SSSR count). The monoisotopic (exact) mass is 415 g/mol. The third-order valence-corrected chi connectivity index (χ3v) is 7.41. The minimum Gasteiger partial charge on any atom is -0.0654 e. The lowest BCUT2D eigenvalue weighted by molar-refractivity contribution is 0.205. The molecule has 0 aromatic heterocycles. The number of hydrogen-bond acceptors (Lipinski definition) is 0. The zero-order valence-corrected chi connectivity index (χ0v) is 23.8. The van der Waals surface area contributed by atoms with Gasteiger partial charge in [-0.2, -0.15) is 0 Å². The molecule has 0 nitrogen and oxygen atoms in total. The normalized spacial score (nSPS) is 14.5. The van der Waals surface area contributed by atoms with Gasteiger partial charge in [-0.05, 0) is 35.5 Å². The minimum atomic E-state index is 0.880. The maximum Gasteiger partial charge on any atom is -0.0389 e. The predicted octanol–water partition coefficient (Wildman–Crippen LogP) is 11.4. The molecule has 0 saturated carbocycles. The van der Waals surface area contributed by atoms with Crippen molar-refractivity contribution in [3.8, 4) is 0 Å². The number of hydrogen-bond donors (Lipinski definition) is 0. The summed E-state index contributed by atoms with van der Waals surface area (Å²) in [5.41, 5.74) is 0. The van der Waals surface area contributed by atoms with Crippen molar-refractivity contribution in [3.05, 3.63) is 0 Å². The van der Waals surface area contributed by atoms with Crippen molar-refractivity contribution in [1.29, 1.82) is 0 Å². The van der Waals surface area contributed by atoms with E-state index in [1.165, 1.54) is 57.8 Å². The van der Waals surface area contributed by atoms with Crippen LogP contribution >= 0.6 is 0 Å². The minimum absolute atomic E-state index is 0.880. The molecule has 0 saturated heterocycles. The molecule has 0 bridgehead atoms. The molecule has 0 heteroatoms. The highest BCUT2D eigenvalue weighted by Gasteiger charge is 2.21. The fourth-order valence-corrected chi connectivity index (χ4v) is 2.71. The quantitative estimate of drug-likeness (QED) is 0.315. The summed E-state index contributed by atoms with van der Waals surface area (Å²) < 4.78 is 0. The summed E-state index contributed by atoms with van der Waals surface area (Å²) in [6.45, 7) is 32.1. The third kappa shape index (κ3) is 28.0. The predicted molar refractivity (Wildman–Crippen MR) is 142 cm³/mol. The standard InChI is InChI=1S/C12H26.2C6H14.C5H12/c1-7-9(3)11(5)12(6)10(4)8-2;2*1-4-6(3)5-2;1-3-5-4-2/h9-12H,7-8H2,1-6H3;2*6H,4-5H2,1-3H3;3-5H2,1-2H3. The highest BCUT2D eigenvalue weighted by molar-refractivity contribution is 4.71. The van der Waals surface area contributed by atoms with Crippen LogP contribution in [-0.4, -0.2) is 0 Å². The first kappa shape index (κ1) is 36.4.